The Hall–Kier alpha value is -0.530. The molecule has 2 heteroatoms. The minimum absolute atomic E-state index is 0.329. The van der Waals surface area contributed by atoms with E-state index >= 15 is 0 Å². The van der Waals surface area contributed by atoms with E-state index in [0.29, 0.717) is 11.8 Å². The van der Waals surface area contributed by atoms with Crippen LogP contribution in [0.3, 0.4) is 0 Å². The van der Waals surface area contributed by atoms with Gasteiger partial charge in [-0.3, -0.25) is 4.79 Å². The van der Waals surface area contributed by atoms with E-state index in [2.05, 4.69) is 6.92 Å². The van der Waals surface area contributed by atoms with Crippen LogP contribution in [0.4, 0.5) is 0 Å². The molecule has 0 saturated carbocycles. The van der Waals surface area contributed by atoms with Crippen LogP contribution in [0, 0.1) is 5.92 Å². The van der Waals surface area contributed by atoms with Gasteiger partial charge in [0, 0.05) is 19.5 Å². The quantitative estimate of drug-likeness (QED) is 0.512. The van der Waals surface area contributed by atoms with Gasteiger partial charge in [0.05, 0.1) is 0 Å². The summed E-state index contributed by atoms with van der Waals surface area (Å²) in [5, 5.41) is 0. The van der Waals surface area contributed by atoms with Crippen LogP contribution in [0.1, 0.15) is 19.8 Å². The minimum atomic E-state index is 0.329. The van der Waals surface area contributed by atoms with Crippen LogP contribution in [-0.2, 0) is 4.79 Å². The van der Waals surface area contributed by atoms with Crippen LogP contribution in [0.2, 0.25) is 0 Å². The molecule has 52 valence electrons. The molecule has 1 aliphatic rings. The van der Waals surface area contributed by atoms with Gasteiger partial charge in [-0.1, -0.05) is 6.92 Å². The van der Waals surface area contributed by atoms with E-state index in [1.807, 2.05) is 11.9 Å². The van der Waals surface area contributed by atoms with Gasteiger partial charge >= 0.3 is 0 Å². The molecule has 1 heterocycles. The molecule has 0 aromatic heterocycles. The summed E-state index contributed by atoms with van der Waals surface area (Å²) in [6.45, 7) is 3.03. The summed E-state index contributed by atoms with van der Waals surface area (Å²) >= 11 is 0. The lowest BCUT2D eigenvalue weighted by Crippen LogP contribution is -2.22. The van der Waals surface area contributed by atoms with Gasteiger partial charge in [-0.15, -0.1) is 0 Å². The molecule has 1 fully saturated rings. The Morgan fingerprint density at radius 3 is 2.67 bits per heavy atom. The second-order valence-electron chi connectivity index (χ2n) is 2.65. The number of hydrogen-bond donors (Lipinski definition) is 0. The van der Waals surface area contributed by atoms with Gasteiger partial charge in [0.25, 0.3) is 0 Å². The molecular weight excluding hydrogens is 114 g/mol. The fourth-order valence-electron chi connectivity index (χ4n) is 1.27. The van der Waals surface area contributed by atoms with Crippen molar-refractivity contribution in [1.29, 1.82) is 0 Å². The molecule has 0 unspecified atom stereocenters. The van der Waals surface area contributed by atoms with Crippen LogP contribution in [0.5, 0.6) is 0 Å². The predicted octanol–water partition coefficient (Wildman–Crippen LogP) is 0.875. The lowest BCUT2D eigenvalue weighted by molar-refractivity contribution is -0.129. The Morgan fingerprint density at radius 2 is 2.44 bits per heavy atom. The molecule has 1 rings (SSSR count). The van der Waals surface area contributed by atoms with E-state index in [9.17, 15) is 4.79 Å². The molecule has 0 aromatic rings. The van der Waals surface area contributed by atoms with E-state index in [4.69, 9.17) is 0 Å². The average Bonchev–Trinajstić information content (AvgIpc) is 2.15. The molecule has 0 aromatic carbocycles. The molecule has 1 saturated heterocycles. The van der Waals surface area contributed by atoms with Gasteiger partial charge in [0.1, 0.15) is 0 Å². The molecule has 0 bridgehead atoms. The lowest BCUT2D eigenvalue weighted by atomic mass is 10.1. The van der Waals surface area contributed by atoms with E-state index in [1.165, 1.54) is 0 Å². The fraction of sp³-hybridized carbons (Fsp3) is 0.857. The molecule has 1 aliphatic heterocycles. The Bertz CT molecular complexity index is 122. The number of likely N-dealkylation sites (tertiary alicyclic amines) is 1. The van der Waals surface area contributed by atoms with Crippen molar-refractivity contribution in [2.45, 2.75) is 19.8 Å². The number of nitrogens with zero attached hydrogens (tertiary/aromatic N) is 1. The highest BCUT2D eigenvalue weighted by molar-refractivity contribution is 5.80. The zero-order chi connectivity index (χ0) is 6.85. The van der Waals surface area contributed by atoms with Crippen molar-refractivity contribution in [2.24, 2.45) is 5.92 Å². The van der Waals surface area contributed by atoms with Gasteiger partial charge in [-0.2, -0.15) is 0 Å². The van der Waals surface area contributed by atoms with Crippen molar-refractivity contribution in [1.82, 2.24) is 4.90 Å². The second-order valence-corrected chi connectivity index (χ2v) is 2.65. The highest BCUT2D eigenvalue weighted by Gasteiger charge is 2.26. The maximum atomic E-state index is 11.1. The maximum Gasteiger partial charge on any atom is 0.225 e. The molecule has 2 nitrogen and oxygen atoms in total. The highest BCUT2D eigenvalue weighted by atomic mass is 16.2. The van der Waals surface area contributed by atoms with Gasteiger partial charge in [-0.05, 0) is 12.8 Å². The van der Waals surface area contributed by atoms with Crippen LogP contribution in [0.15, 0.2) is 0 Å². The molecule has 1 amide bonds. The number of carbonyl (C=O) groups excluding carboxylic acids is 1. The number of amides is 1. The third-order valence-electron chi connectivity index (χ3n) is 2.03. The summed E-state index contributed by atoms with van der Waals surface area (Å²) in [7, 11) is 1.87. The van der Waals surface area contributed by atoms with Crippen molar-refractivity contribution in [3.63, 3.8) is 0 Å². The molecule has 0 N–H and O–H groups in total. The first-order valence-electron chi connectivity index (χ1n) is 3.50. The van der Waals surface area contributed by atoms with Gasteiger partial charge in [-0.25, -0.2) is 0 Å². The summed E-state index contributed by atoms with van der Waals surface area (Å²) in [6.07, 6.45) is 2.06. The number of carbonyl (C=O) groups is 1. The maximum absolute atomic E-state index is 11.1. The predicted molar refractivity (Wildman–Crippen MR) is 36.0 cm³/mol. The molecule has 9 heavy (non-hydrogen) atoms. The Balaban J connectivity index is 2.51. The Morgan fingerprint density at radius 1 is 1.78 bits per heavy atom. The SMILES string of the molecule is CC[C@@H]1CCN(C)C1=O. The van der Waals surface area contributed by atoms with Crippen LogP contribution < -0.4 is 0 Å². The van der Waals surface area contributed by atoms with Gasteiger partial charge < -0.3 is 4.90 Å². The summed E-state index contributed by atoms with van der Waals surface area (Å²) in [6, 6.07) is 0. The summed E-state index contributed by atoms with van der Waals surface area (Å²) in [5.41, 5.74) is 0. The largest absolute Gasteiger partial charge is 0.345 e. The first-order valence-corrected chi connectivity index (χ1v) is 3.50. The minimum Gasteiger partial charge on any atom is -0.345 e. The van der Waals surface area contributed by atoms with Crippen LogP contribution in [0.25, 0.3) is 0 Å². The number of rotatable bonds is 1. The fourth-order valence-corrected chi connectivity index (χ4v) is 1.27. The van der Waals surface area contributed by atoms with Crippen LogP contribution >= 0.6 is 0 Å². The number of hydrogen-bond acceptors (Lipinski definition) is 1. The summed E-state index contributed by atoms with van der Waals surface area (Å²) < 4.78 is 0. The zero-order valence-electron chi connectivity index (χ0n) is 6.05. The van der Waals surface area contributed by atoms with Crippen molar-refractivity contribution in [3.8, 4) is 0 Å². The molecule has 0 radical (unpaired) electrons. The molecule has 0 aliphatic carbocycles. The van der Waals surface area contributed by atoms with E-state index in [0.717, 1.165) is 19.4 Å². The average molecular weight is 127 g/mol. The standard InChI is InChI=1S/C7H13NO/c1-3-6-4-5-8(2)7(6)9/h6H,3-5H2,1-2H3/t6-/m1/s1. The third kappa shape index (κ3) is 1.07. The van der Waals surface area contributed by atoms with Crippen molar-refractivity contribution in [3.05, 3.63) is 0 Å². The Kier molecular flexibility index (Phi) is 1.74. The third-order valence-corrected chi connectivity index (χ3v) is 2.03. The Labute approximate surface area is 55.8 Å². The van der Waals surface area contributed by atoms with Gasteiger partial charge in [0.2, 0.25) is 5.91 Å². The summed E-state index contributed by atoms with van der Waals surface area (Å²) in [4.78, 5) is 12.9. The van der Waals surface area contributed by atoms with Gasteiger partial charge in [0.15, 0.2) is 0 Å². The lowest BCUT2D eigenvalue weighted by Gasteiger charge is -2.07. The zero-order valence-corrected chi connectivity index (χ0v) is 6.05. The molecular formula is C7H13NO. The molecule has 0 spiro atoms. The van der Waals surface area contributed by atoms with Crippen molar-refractivity contribution in [2.75, 3.05) is 13.6 Å². The normalized spacial score (nSPS) is 27.6. The first kappa shape index (κ1) is 6.59. The monoisotopic (exact) mass is 127 g/mol. The second kappa shape index (κ2) is 2.38. The smallest absolute Gasteiger partial charge is 0.225 e. The molecule has 1 atom stereocenters. The van der Waals surface area contributed by atoms with E-state index in [-0.39, 0.29) is 0 Å². The summed E-state index contributed by atoms with van der Waals surface area (Å²) in [5.74, 6) is 0.660. The first-order chi connectivity index (χ1) is 4.25. The topological polar surface area (TPSA) is 20.3 Å². The van der Waals surface area contributed by atoms with E-state index < -0.39 is 0 Å². The van der Waals surface area contributed by atoms with Crippen molar-refractivity contribution < 1.29 is 4.79 Å². The van der Waals surface area contributed by atoms with E-state index in [1.54, 1.807) is 0 Å². The van der Waals surface area contributed by atoms with Crippen molar-refractivity contribution >= 4 is 5.91 Å². The van der Waals surface area contributed by atoms with Crippen LogP contribution in [-0.4, -0.2) is 24.4 Å². The highest BCUT2D eigenvalue weighted by Crippen LogP contribution is 2.18.